The Morgan fingerprint density at radius 1 is 0.792 bits per heavy atom. The van der Waals surface area contributed by atoms with Crippen molar-refractivity contribution in [3.63, 3.8) is 0 Å². The van der Waals surface area contributed by atoms with Gasteiger partial charge in [0, 0.05) is 28.4 Å². The zero-order valence-corrected chi connectivity index (χ0v) is 14.7. The Morgan fingerprint density at radius 3 is 1.92 bits per heavy atom. The molecule has 0 saturated carbocycles. The summed E-state index contributed by atoms with van der Waals surface area (Å²) in [5, 5.41) is 0. The summed E-state index contributed by atoms with van der Waals surface area (Å²) in [7, 11) is 6.13. The molecule has 1 aliphatic heterocycles. The third-order valence-corrected chi connectivity index (χ3v) is 3.21. The van der Waals surface area contributed by atoms with Crippen molar-refractivity contribution in [2.75, 3.05) is 62.2 Å². The summed E-state index contributed by atoms with van der Waals surface area (Å²) in [6, 6.07) is 0. The largest absolute Gasteiger partial charge is 0.487 e. The lowest BCUT2D eigenvalue weighted by atomic mass is 9.98. The molecule has 0 spiro atoms. The first-order valence-corrected chi connectivity index (χ1v) is 7.43. The summed E-state index contributed by atoms with van der Waals surface area (Å²) in [5.74, 6) is 0.399. The predicted molar refractivity (Wildman–Crippen MR) is 82.1 cm³/mol. The van der Waals surface area contributed by atoms with Crippen LogP contribution in [0.3, 0.4) is 0 Å². The van der Waals surface area contributed by atoms with Gasteiger partial charge in [-0.05, 0) is 0 Å². The molecule has 1 aliphatic rings. The fraction of sp³-hybridized carbons (Fsp3) is 0.867. The maximum atomic E-state index is 5.81. The second kappa shape index (κ2) is 12.6. The quantitative estimate of drug-likeness (QED) is 0.347. The van der Waals surface area contributed by atoms with Gasteiger partial charge in [-0.15, -0.1) is 0 Å². The highest BCUT2D eigenvalue weighted by molar-refractivity contribution is 5.07. The Bertz CT molecular complexity index is 339. The van der Waals surface area contributed by atoms with Crippen LogP contribution in [0.5, 0.6) is 0 Å². The summed E-state index contributed by atoms with van der Waals surface area (Å²) in [5.41, 5.74) is 0. The SMILES string of the molecule is C=C1OC(COCOC)[C@@H](OCOC)C(OCOC)C1OCOC. The molecule has 1 rings (SSSR count). The first-order valence-electron chi connectivity index (χ1n) is 7.43. The highest BCUT2D eigenvalue weighted by Gasteiger charge is 2.46. The molecule has 0 N–H and O–H groups in total. The fourth-order valence-electron chi connectivity index (χ4n) is 2.28. The van der Waals surface area contributed by atoms with Crippen LogP contribution in [0.2, 0.25) is 0 Å². The smallest absolute Gasteiger partial charge is 0.150 e. The van der Waals surface area contributed by atoms with Crippen LogP contribution in [0.15, 0.2) is 12.3 Å². The molecule has 3 unspecified atom stereocenters. The Morgan fingerprint density at radius 2 is 1.33 bits per heavy atom. The minimum Gasteiger partial charge on any atom is -0.487 e. The van der Waals surface area contributed by atoms with Gasteiger partial charge >= 0.3 is 0 Å². The monoisotopic (exact) mass is 352 g/mol. The van der Waals surface area contributed by atoms with Gasteiger partial charge in [0.1, 0.15) is 51.2 Å². The van der Waals surface area contributed by atoms with Crippen LogP contribution >= 0.6 is 0 Å². The van der Waals surface area contributed by atoms with Crippen LogP contribution < -0.4 is 0 Å². The van der Waals surface area contributed by atoms with E-state index in [9.17, 15) is 0 Å². The van der Waals surface area contributed by atoms with Gasteiger partial charge in [0.2, 0.25) is 0 Å². The number of hydrogen-bond acceptors (Lipinski definition) is 9. The summed E-state index contributed by atoms with van der Waals surface area (Å²) in [6.45, 7) is 4.44. The second-order valence-electron chi connectivity index (χ2n) is 4.97. The lowest BCUT2D eigenvalue weighted by Crippen LogP contribution is -2.56. The summed E-state index contributed by atoms with van der Waals surface area (Å²) in [4.78, 5) is 0. The van der Waals surface area contributed by atoms with Crippen molar-refractivity contribution in [3.8, 4) is 0 Å². The summed E-state index contributed by atoms with van der Waals surface area (Å²) >= 11 is 0. The van der Waals surface area contributed by atoms with E-state index in [1.807, 2.05) is 0 Å². The van der Waals surface area contributed by atoms with Crippen LogP contribution in [0, 0.1) is 0 Å². The minimum absolute atomic E-state index is 0.0573. The molecule has 24 heavy (non-hydrogen) atoms. The van der Waals surface area contributed by atoms with Crippen LogP contribution in [0.25, 0.3) is 0 Å². The van der Waals surface area contributed by atoms with E-state index >= 15 is 0 Å². The Balaban J connectivity index is 2.87. The van der Waals surface area contributed by atoms with Crippen molar-refractivity contribution < 1.29 is 42.6 Å². The zero-order valence-electron chi connectivity index (χ0n) is 14.7. The van der Waals surface area contributed by atoms with Gasteiger partial charge in [-0.3, -0.25) is 0 Å². The molecule has 0 aromatic heterocycles. The first-order chi connectivity index (χ1) is 11.7. The third-order valence-electron chi connectivity index (χ3n) is 3.21. The van der Waals surface area contributed by atoms with Crippen molar-refractivity contribution in [2.45, 2.75) is 24.4 Å². The third kappa shape index (κ3) is 6.61. The highest BCUT2D eigenvalue weighted by atomic mass is 16.7. The lowest BCUT2D eigenvalue weighted by Gasteiger charge is -2.42. The van der Waals surface area contributed by atoms with Gasteiger partial charge in [0.25, 0.3) is 0 Å². The molecule has 1 saturated heterocycles. The molecule has 1 heterocycles. The number of ether oxygens (including phenoxy) is 9. The topological polar surface area (TPSA) is 83.1 Å². The molecular formula is C15H28O9. The Labute approximate surface area is 142 Å². The summed E-state index contributed by atoms with van der Waals surface area (Å²) < 4.78 is 48.1. The molecule has 0 radical (unpaired) electrons. The Hall–Kier alpha value is -0.780. The predicted octanol–water partition coefficient (Wildman–Crippen LogP) is 0.487. The molecule has 142 valence electrons. The average Bonchev–Trinajstić information content (AvgIpc) is 2.58. The molecule has 9 heteroatoms. The molecule has 9 nitrogen and oxygen atoms in total. The fourth-order valence-corrected chi connectivity index (χ4v) is 2.28. The van der Waals surface area contributed by atoms with Gasteiger partial charge in [-0.1, -0.05) is 6.58 Å². The highest BCUT2D eigenvalue weighted by Crippen LogP contribution is 2.30. The average molecular weight is 352 g/mol. The van der Waals surface area contributed by atoms with E-state index in [0.717, 1.165) is 0 Å². The zero-order chi connectivity index (χ0) is 17.8. The van der Waals surface area contributed by atoms with Crippen LogP contribution in [0.4, 0.5) is 0 Å². The van der Waals surface area contributed by atoms with Crippen molar-refractivity contribution in [2.24, 2.45) is 0 Å². The molecule has 4 atom stereocenters. The van der Waals surface area contributed by atoms with Gasteiger partial charge in [-0.25, -0.2) is 0 Å². The molecule has 0 amide bonds. The Kier molecular flexibility index (Phi) is 11.1. The van der Waals surface area contributed by atoms with Crippen LogP contribution in [-0.4, -0.2) is 86.6 Å². The van der Waals surface area contributed by atoms with Crippen molar-refractivity contribution >= 4 is 0 Å². The maximum Gasteiger partial charge on any atom is 0.150 e. The molecule has 0 aromatic rings. The van der Waals surface area contributed by atoms with E-state index in [-0.39, 0.29) is 33.8 Å². The molecule has 0 aliphatic carbocycles. The number of rotatable bonds is 13. The first kappa shape index (κ1) is 21.3. The standard InChI is InChI=1S/C15H28O9/c1-11-13(21-8-17-3)15(23-10-19-5)14(22-9-18-4)12(24-11)6-20-7-16-2/h12-15H,1,6-10H2,2-5H3/t12?,13?,14-,15?/m1/s1. The normalized spacial score (nSPS) is 27.2. The van der Waals surface area contributed by atoms with Crippen LogP contribution in [0.1, 0.15) is 0 Å². The molecule has 0 bridgehead atoms. The van der Waals surface area contributed by atoms with Crippen molar-refractivity contribution in [1.82, 2.24) is 0 Å². The van der Waals surface area contributed by atoms with E-state index in [4.69, 9.17) is 42.6 Å². The van der Waals surface area contributed by atoms with Crippen molar-refractivity contribution in [1.29, 1.82) is 0 Å². The van der Waals surface area contributed by atoms with Gasteiger partial charge in [0.05, 0.1) is 6.61 Å². The summed E-state index contributed by atoms with van der Waals surface area (Å²) in [6.07, 6.45) is -2.11. The number of hydrogen-bond donors (Lipinski definition) is 0. The van der Waals surface area contributed by atoms with E-state index < -0.39 is 24.4 Å². The van der Waals surface area contributed by atoms with E-state index in [1.54, 1.807) is 7.11 Å². The molecule has 0 aromatic carbocycles. The van der Waals surface area contributed by atoms with Crippen molar-refractivity contribution in [3.05, 3.63) is 12.3 Å². The molecule has 1 fully saturated rings. The second-order valence-corrected chi connectivity index (χ2v) is 4.97. The van der Waals surface area contributed by atoms with Gasteiger partial charge in [-0.2, -0.15) is 0 Å². The minimum atomic E-state index is -0.583. The lowest BCUT2D eigenvalue weighted by molar-refractivity contribution is -0.258. The maximum absolute atomic E-state index is 5.81. The number of methoxy groups -OCH3 is 4. The van der Waals surface area contributed by atoms with E-state index in [2.05, 4.69) is 6.58 Å². The van der Waals surface area contributed by atoms with E-state index in [1.165, 1.54) is 21.3 Å². The van der Waals surface area contributed by atoms with E-state index in [0.29, 0.717) is 5.76 Å². The van der Waals surface area contributed by atoms with Crippen LogP contribution in [-0.2, 0) is 42.6 Å². The van der Waals surface area contributed by atoms with Gasteiger partial charge < -0.3 is 42.6 Å². The van der Waals surface area contributed by atoms with Gasteiger partial charge in [0.15, 0.2) is 6.10 Å². The molecular weight excluding hydrogens is 324 g/mol.